The van der Waals surface area contributed by atoms with E-state index in [4.69, 9.17) is 0 Å². The van der Waals surface area contributed by atoms with Crippen LogP contribution in [-0.2, 0) is 0 Å². The van der Waals surface area contributed by atoms with E-state index in [-0.39, 0.29) is 0 Å². The van der Waals surface area contributed by atoms with E-state index in [0.29, 0.717) is 5.41 Å². The van der Waals surface area contributed by atoms with E-state index in [9.17, 15) is 0 Å². The topological polar surface area (TPSA) is 24.1 Å². The van der Waals surface area contributed by atoms with Gasteiger partial charge in [-0.3, -0.25) is 0 Å². The molecule has 0 aromatic heterocycles. The van der Waals surface area contributed by atoms with Gasteiger partial charge in [-0.1, -0.05) is 26.7 Å². The van der Waals surface area contributed by atoms with Crippen molar-refractivity contribution in [1.82, 2.24) is 10.6 Å². The van der Waals surface area contributed by atoms with E-state index in [2.05, 4.69) is 24.5 Å². The molecule has 0 bridgehead atoms. The smallest absolute Gasteiger partial charge is 0.00993 e. The molecule has 0 amide bonds. The lowest BCUT2D eigenvalue weighted by molar-refractivity contribution is 0.273. The molecule has 1 aliphatic carbocycles. The minimum atomic E-state index is 0.577. The summed E-state index contributed by atoms with van der Waals surface area (Å²) in [5, 5.41) is 7.36. The first-order chi connectivity index (χ1) is 7.79. The van der Waals surface area contributed by atoms with Crippen molar-refractivity contribution < 1.29 is 0 Å². The highest BCUT2D eigenvalue weighted by molar-refractivity contribution is 4.96. The van der Waals surface area contributed by atoms with Crippen molar-refractivity contribution in [2.75, 3.05) is 19.6 Å². The fourth-order valence-electron chi connectivity index (χ4n) is 3.31. The molecular formula is C14H28N2. The zero-order valence-electron chi connectivity index (χ0n) is 11.0. The van der Waals surface area contributed by atoms with Gasteiger partial charge in [0.15, 0.2) is 0 Å². The van der Waals surface area contributed by atoms with Gasteiger partial charge in [0.25, 0.3) is 0 Å². The molecule has 1 saturated carbocycles. The summed E-state index contributed by atoms with van der Waals surface area (Å²) in [6.07, 6.45) is 8.30. The number of nitrogens with one attached hydrogen (secondary N) is 2. The fraction of sp³-hybridized carbons (Fsp3) is 1.00. The van der Waals surface area contributed by atoms with Crippen LogP contribution < -0.4 is 10.6 Å². The molecule has 94 valence electrons. The summed E-state index contributed by atoms with van der Waals surface area (Å²) in [7, 11) is 0. The average Bonchev–Trinajstić information content (AvgIpc) is 2.85. The molecule has 2 fully saturated rings. The van der Waals surface area contributed by atoms with Gasteiger partial charge in [0.1, 0.15) is 0 Å². The molecule has 2 heteroatoms. The summed E-state index contributed by atoms with van der Waals surface area (Å²) in [5.41, 5.74) is 0.577. The van der Waals surface area contributed by atoms with Crippen LogP contribution in [0.5, 0.6) is 0 Å². The summed E-state index contributed by atoms with van der Waals surface area (Å²) in [6.45, 7) is 8.33. The molecule has 2 rings (SSSR count). The van der Waals surface area contributed by atoms with Crippen LogP contribution in [0.25, 0.3) is 0 Å². The molecule has 1 saturated heterocycles. The van der Waals surface area contributed by atoms with Crippen molar-refractivity contribution in [1.29, 1.82) is 0 Å². The van der Waals surface area contributed by atoms with Gasteiger partial charge in [-0.05, 0) is 43.6 Å². The first-order valence-corrected chi connectivity index (χ1v) is 7.24. The molecule has 2 nitrogen and oxygen atoms in total. The van der Waals surface area contributed by atoms with Crippen LogP contribution in [0.3, 0.4) is 0 Å². The standard InChI is InChI=1S/C14H28N2/c1-3-5-12-9-13(12)16-11-14(6-4-2)7-8-15-10-14/h12-13,15-16H,3-11H2,1-2H3. The van der Waals surface area contributed by atoms with Crippen LogP contribution in [0.4, 0.5) is 0 Å². The Morgan fingerprint density at radius 1 is 1.31 bits per heavy atom. The largest absolute Gasteiger partial charge is 0.316 e. The summed E-state index contributed by atoms with van der Waals surface area (Å²) in [6, 6.07) is 0.856. The molecule has 16 heavy (non-hydrogen) atoms. The quantitative estimate of drug-likeness (QED) is 0.694. The lowest BCUT2D eigenvalue weighted by Gasteiger charge is -2.28. The molecule has 1 aliphatic heterocycles. The molecule has 1 heterocycles. The Balaban J connectivity index is 1.71. The summed E-state index contributed by atoms with van der Waals surface area (Å²) < 4.78 is 0. The van der Waals surface area contributed by atoms with Crippen LogP contribution in [0.15, 0.2) is 0 Å². The minimum Gasteiger partial charge on any atom is -0.316 e. The van der Waals surface area contributed by atoms with Crippen LogP contribution in [0.1, 0.15) is 52.4 Å². The fourth-order valence-corrected chi connectivity index (χ4v) is 3.31. The lowest BCUT2D eigenvalue weighted by Crippen LogP contribution is -2.37. The van der Waals surface area contributed by atoms with Crippen LogP contribution in [0, 0.1) is 11.3 Å². The number of hydrogen-bond donors (Lipinski definition) is 2. The van der Waals surface area contributed by atoms with Crippen molar-refractivity contribution in [3.8, 4) is 0 Å². The Morgan fingerprint density at radius 2 is 2.19 bits per heavy atom. The number of hydrogen-bond acceptors (Lipinski definition) is 2. The Morgan fingerprint density at radius 3 is 2.81 bits per heavy atom. The molecule has 3 unspecified atom stereocenters. The SMILES string of the molecule is CCCC1CC1NCC1(CCC)CCNC1. The van der Waals surface area contributed by atoms with Gasteiger partial charge in [0.2, 0.25) is 0 Å². The van der Waals surface area contributed by atoms with Gasteiger partial charge < -0.3 is 10.6 Å². The number of rotatable bonds is 7. The highest BCUT2D eigenvalue weighted by Crippen LogP contribution is 2.37. The van der Waals surface area contributed by atoms with E-state index in [1.165, 1.54) is 58.2 Å². The van der Waals surface area contributed by atoms with Crippen molar-refractivity contribution in [3.63, 3.8) is 0 Å². The molecular weight excluding hydrogens is 196 g/mol. The average molecular weight is 224 g/mol. The van der Waals surface area contributed by atoms with Gasteiger partial charge in [-0.15, -0.1) is 0 Å². The van der Waals surface area contributed by atoms with E-state index in [1.807, 2.05) is 0 Å². The zero-order valence-corrected chi connectivity index (χ0v) is 11.0. The van der Waals surface area contributed by atoms with Crippen LogP contribution >= 0.6 is 0 Å². The second kappa shape index (κ2) is 5.50. The molecule has 0 spiro atoms. The molecule has 0 radical (unpaired) electrons. The summed E-state index contributed by atoms with van der Waals surface area (Å²) in [4.78, 5) is 0. The predicted octanol–water partition coefficient (Wildman–Crippen LogP) is 2.54. The first-order valence-electron chi connectivity index (χ1n) is 7.24. The normalized spacial score (nSPS) is 37.9. The maximum Gasteiger partial charge on any atom is 0.00993 e. The molecule has 3 atom stereocenters. The van der Waals surface area contributed by atoms with Crippen molar-refractivity contribution in [2.45, 2.75) is 58.4 Å². The Hall–Kier alpha value is -0.0800. The van der Waals surface area contributed by atoms with Gasteiger partial charge in [-0.25, -0.2) is 0 Å². The third-order valence-corrected chi connectivity index (χ3v) is 4.43. The van der Waals surface area contributed by atoms with E-state index < -0.39 is 0 Å². The zero-order chi connectivity index (χ0) is 11.4. The Bertz CT molecular complexity index is 209. The van der Waals surface area contributed by atoms with Gasteiger partial charge >= 0.3 is 0 Å². The summed E-state index contributed by atoms with van der Waals surface area (Å²) >= 11 is 0. The van der Waals surface area contributed by atoms with Crippen molar-refractivity contribution in [2.24, 2.45) is 11.3 Å². The second-order valence-corrected chi connectivity index (χ2v) is 5.95. The molecule has 2 aliphatic rings. The third kappa shape index (κ3) is 2.98. The lowest BCUT2D eigenvalue weighted by atomic mass is 9.82. The Labute approximate surface area is 101 Å². The van der Waals surface area contributed by atoms with E-state index in [1.54, 1.807) is 0 Å². The minimum absolute atomic E-state index is 0.577. The van der Waals surface area contributed by atoms with Gasteiger partial charge in [0, 0.05) is 19.1 Å². The molecule has 0 aromatic rings. The third-order valence-electron chi connectivity index (χ3n) is 4.43. The van der Waals surface area contributed by atoms with Crippen molar-refractivity contribution in [3.05, 3.63) is 0 Å². The van der Waals surface area contributed by atoms with Gasteiger partial charge in [-0.2, -0.15) is 0 Å². The highest BCUT2D eigenvalue weighted by Gasteiger charge is 2.39. The van der Waals surface area contributed by atoms with Gasteiger partial charge in [0.05, 0.1) is 0 Å². The second-order valence-electron chi connectivity index (χ2n) is 5.95. The van der Waals surface area contributed by atoms with Crippen LogP contribution in [0.2, 0.25) is 0 Å². The highest BCUT2D eigenvalue weighted by atomic mass is 15.0. The van der Waals surface area contributed by atoms with E-state index in [0.717, 1.165) is 12.0 Å². The maximum atomic E-state index is 3.82. The molecule has 2 N–H and O–H groups in total. The summed E-state index contributed by atoms with van der Waals surface area (Å²) in [5.74, 6) is 0.998. The maximum absolute atomic E-state index is 3.82. The monoisotopic (exact) mass is 224 g/mol. The van der Waals surface area contributed by atoms with E-state index >= 15 is 0 Å². The van der Waals surface area contributed by atoms with Crippen molar-refractivity contribution >= 4 is 0 Å². The Kier molecular flexibility index (Phi) is 4.26. The predicted molar refractivity (Wildman–Crippen MR) is 69.6 cm³/mol. The van der Waals surface area contributed by atoms with Crippen LogP contribution in [-0.4, -0.2) is 25.7 Å². The first kappa shape index (κ1) is 12.4. The molecule has 0 aromatic carbocycles.